The SMILES string of the molecule is CCC(NC(=O)c1cnc(-c2ccccc2)s1)c1ncc(-c2ccccc2)[nH]1. The summed E-state index contributed by atoms with van der Waals surface area (Å²) in [6, 6.07) is 19.7. The van der Waals surface area contributed by atoms with Gasteiger partial charge in [0.15, 0.2) is 0 Å². The Morgan fingerprint density at radius 2 is 1.68 bits per heavy atom. The maximum absolute atomic E-state index is 12.7. The van der Waals surface area contributed by atoms with Crippen LogP contribution in [0.25, 0.3) is 21.8 Å². The van der Waals surface area contributed by atoms with Gasteiger partial charge in [-0.2, -0.15) is 0 Å². The van der Waals surface area contributed by atoms with E-state index in [1.165, 1.54) is 11.3 Å². The van der Waals surface area contributed by atoms with Gasteiger partial charge in [0.25, 0.3) is 5.91 Å². The van der Waals surface area contributed by atoms with Gasteiger partial charge in [-0.1, -0.05) is 67.6 Å². The lowest BCUT2D eigenvalue weighted by Gasteiger charge is -2.13. The van der Waals surface area contributed by atoms with Crippen molar-refractivity contribution in [1.82, 2.24) is 20.3 Å². The number of rotatable bonds is 6. The highest BCUT2D eigenvalue weighted by Crippen LogP contribution is 2.26. The summed E-state index contributed by atoms with van der Waals surface area (Å²) < 4.78 is 0. The molecule has 0 saturated carbocycles. The van der Waals surface area contributed by atoms with Crippen LogP contribution < -0.4 is 5.32 Å². The van der Waals surface area contributed by atoms with Gasteiger partial charge in [0.2, 0.25) is 0 Å². The summed E-state index contributed by atoms with van der Waals surface area (Å²) in [4.78, 5) is 25.5. The largest absolute Gasteiger partial charge is 0.341 e. The van der Waals surface area contributed by atoms with Crippen LogP contribution >= 0.6 is 11.3 Å². The van der Waals surface area contributed by atoms with Crippen molar-refractivity contribution in [2.45, 2.75) is 19.4 Å². The lowest BCUT2D eigenvalue weighted by Crippen LogP contribution is -2.28. The predicted molar refractivity (Wildman–Crippen MR) is 112 cm³/mol. The van der Waals surface area contributed by atoms with Gasteiger partial charge in [-0.25, -0.2) is 9.97 Å². The molecule has 140 valence electrons. The number of carbonyl (C=O) groups excluding carboxylic acids is 1. The minimum Gasteiger partial charge on any atom is -0.341 e. The monoisotopic (exact) mass is 388 g/mol. The Balaban J connectivity index is 1.49. The molecule has 0 fully saturated rings. The summed E-state index contributed by atoms with van der Waals surface area (Å²) in [5.74, 6) is 0.617. The number of nitrogens with zero attached hydrogens (tertiary/aromatic N) is 2. The highest BCUT2D eigenvalue weighted by Gasteiger charge is 2.19. The molecular formula is C22H20N4OS. The molecule has 6 heteroatoms. The average molecular weight is 388 g/mol. The fourth-order valence-electron chi connectivity index (χ4n) is 2.96. The van der Waals surface area contributed by atoms with E-state index in [2.05, 4.69) is 20.3 Å². The molecule has 1 atom stereocenters. The third kappa shape index (κ3) is 3.87. The fourth-order valence-corrected chi connectivity index (χ4v) is 3.79. The van der Waals surface area contributed by atoms with Crippen molar-refractivity contribution in [1.29, 1.82) is 0 Å². The van der Waals surface area contributed by atoms with Crippen LogP contribution in [0, 0.1) is 0 Å². The zero-order chi connectivity index (χ0) is 19.3. The normalized spacial score (nSPS) is 11.9. The first-order valence-corrected chi connectivity index (χ1v) is 9.98. The van der Waals surface area contributed by atoms with Crippen LogP contribution in [0.5, 0.6) is 0 Å². The van der Waals surface area contributed by atoms with Crippen molar-refractivity contribution in [3.8, 4) is 21.8 Å². The molecule has 5 nitrogen and oxygen atoms in total. The van der Waals surface area contributed by atoms with E-state index in [4.69, 9.17) is 0 Å². The first kappa shape index (κ1) is 18.1. The van der Waals surface area contributed by atoms with Crippen LogP contribution in [0.1, 0.15) is 34.9 Å². The smallest absolute Gasteiger partial charge is 0.263 e. The third-order valence-corrected chi connectivity index (χ3v) is 5.52. The number of aromatic amines is 1. The predicted octanol–water partition coefficient (Wildman–Crippen LogP) is 5.08. The van der Waals surface area contributed by atoms with Gasteiger partial charge in [-0.05, 0) is 12.0 Å². The van der Waals surface area contributed by atoms with Crippen LogP contribution in [0.4, 0.5) is 0 Å². The maximum Gasteiger partial charge on any atom is 0.263 e. The van der Waals surface area contributed by atoms with Gasteiger partial charge in [0.05, 0.1) is 24.1 Å². The number of aromatic nitrogens is 3. The molecule has 2 heterocycles. The molecule has 1 amide bonds. The van der Waals surface area contributed by atoms with Gasteiger partial charge < -0.3 is 10.3 Å². The molecule has 28 heavy (non-hydrogen) atoms. The molecule has 4 aromatic rings. The van der Waals surface area contributed by atoms with Gasteiger partial charge in [0.1, 0.15) is 15.7 Å². The highest BCUT2D eigenvalue weighted by molar-refractivity contribution is 7.16. The van der Waals surface area contributed by atoms with E-state index in [1.807, 2.05) is 67.6 Å². The van der Waals surface area contributed by atoms with Crippen LogP contribution in [0.15, 0.2) is 73.1 Å². The molecular weight excluding hydrogens is 368 g/mol. The molecule has 2 aromatic carbocycles. The number of H-pyrrole nitrogens is 1. The number of benzene rings is 2. The van der Waals surface area contributed by atoms with Crippen LogP contribution in [0.3, 0.4) is 0 Å². The first-order chi connectivity index (χ1) is 13.7. The van der Waals surface area contributed by atoms with Crippen LogP contribution in [-0.4, -0.2) is 20.9 Å². The van der Waals surface area contributed by atoms with Crippen molar-refractivity contribution < 1.29 is 4.79 Å². The highest BCUT2D eigenvalue weighted by atomic mass is 32.1. The average Bonchev–Trinajstić information content (AvgIpc) is 3.43. The number of carbonyl (C=O) groups is 1. The van der Waals surface area contributed by atoms with E-state index in [1.54, 1.807) is 12.4 Å². The summed E-state index contributed by atoms with van der Waals surface area (Å²) in [6.07, 6.45) is 4.17. The molecule has 0 aliphatic heterocycles. The van der Waals surface area contributed by atoms with Gasteiger partial charge in [0, 0.05) is 5.56 Å². The Hall–Kier alpha value is -3.25. The van der Waals surface area contributed by atoms with Gasteiger partial charge in [-0.3, -0.25) is 4.79 Å². The van der Waals surface area contributed by atoms with E-state index in [0.717, 1.165) is 34.1 Å². The Bertz CT molecular complexity index is 1060. The van der Waals surface area contributed by atoms with Gasteiger partial charge >= 0.3 is 0 Å². The topological polar surface area (TPSA) is 70.7 Å². The molecule has 2 N–H and O–H groups in total. The lowest BCUT2D eigenvalue weighted by molar-refractivity contribution is 0.0938. The number of nitrogens with one attached hydrogen (secondary N) is 2. The summed E-state index contributed by atoms with van der Waals surface area (Å²) in [5, 5.41) is 3.90. The zero-order valence-electron chi connectivity index (χ0n) is 15.4. The summed E-state index contributed by atoms with van der Waals surface area (Å²) >= 11 is 1.39. The summed E-state index contributed by atoms with van der Waals surface area (Å²) in [6.45, 7) is 2.03. The standard InChI is InChI=1S/C22H20N4OS/c1-2-17(20-23-13-18(25-20)15-9-5-3-6-10-15)26-21(27)19-14-24-22(28-19)16-11-7-4-8-12-16/h3-14,17H,2H2,1H3,(H,23,25)(H,26,27). The Morgan fingerprint density at radius 1 is 1.00 bits per heavy atom. The number of imidazole rings is 1. The molecule has 2 aromatic heterocycles. The van der Waals surface area contributed by atoms with Crippen LogP contribution in [-0.2, 0) is 0 Å². The Morgan fingerprint density at radius 3 is 2.36 bits per heavy atom. The maximum atomic E-state index is 12.7. The Labute approximate surface area is 167 Å². The van der Waals surface area contributed by atoms with E-state index in [0.29, 0.717) is 4.88 Å². The van der Waals surface area contributed by atoms with E-state index in [9.17, 15) is 4.79 Å². The van der Waals surface area contributed by atoms with Crippen molar-refractivity contribution in [3.63, 3.8) is 0 Å². The van der Waals surface area contributed by atoms with Crippen molar-refractivity contribution in [2.75, 3.05) is 0 Å². The second-order valence-corrected chi connectivity index (χ2v) is 7.41. The lowest BCUT2D eigenvalue weighted by atomic mass is 10.2. The number of hydrogen-bond donors (Lipinski definition) is 2. The van der Waals surface area contributed by atoms with E-state index >= 15 is 0 Å². The second kappa shape index (κ2) is 8.19. The molecule has 0 spiro atoms. The minimum atomic E-state index is -0.188. The van der Waals surface area contributed by atoms with E-state index < -0.39 is 0 Å². The summed E-state index contributed by atoms with van der Waals surface area (Å²) in [5.41, 5.74) is 3.02. The van der Waals surface area contributed by atoms with Crippen molar-refractivity contribution in [2.24, 2.45) is 0 Å². The third-order valence-electron chi connectivity index (χ3n) is 4.47. The fraction of sp³-hybridized carbons (Fsp3) is 0.136. The quantitative estimate of drug-likeness (QED) is 0.484. The molecule has 0 aliphatic rings. The van der Waals surface area contributed by atoms with Gasteiger partial charge in [-0.15, -0.1) is 11.3 Å². The molecule has 0 aliphatic carbocycles. The molecule has 1 unspecified atom stereocenters. The first-order valence-electron chi connectivity index (χ1n) is 9.17. The molecule has 0 radical (unpaired) electrons. The number of thiazole rings is 1. The van der Waals surface area contributed by atoms with Crippen molar-refractivity contribution in [3.05, 3.63) is 83.8 Å². The minimum absolute atomic E-state index is 0.135. The number of hydrogen-bond acceptors (Lipinski definition) is 4. The molecule has 4 rings (SSSR count). The molecule has 0 saturated heterocycles. The van der Waals surface area contributed by atoms with E-state index in [-0.39, 0.29) is 11.9 Å². The Kier molecular flexibility index (Phi) is 5.30. The molecule has 0 bridgehead atoms. The number of amides is 1. The van der Waals surface area contributed by atoms with Crippen molar-refractivity contribution >= 4 is 17.2 Å². The summed E-state index contributed by atoms with van der Waals surface area (Å²) in [7, 11) is 0. The zero-order valence-corrected chi connectivity index (χ0v) is 16.2. The van der Waals surface area contributed by atoms with Crippen LogP contribution in [0.2, 0.25) is 0 Å². The second-order valence-electron chi connectivity index (χ2n) is 6.38.